The molecule has 0 aliphatic rings. The zero-order valence-electron chi connectivity index (χ0n) is 10.2. The lowest BCUT2D eigenvalue weighted by Gasteiger charge is -2.13. The molecule has 19 heavy (non-hydrogen) atoms. The highest BCUT2D eigenvalue weighted by atomic mass is 35.5. The van der Waals surface area contributed by atoms with Gasteiger partial charge in [0.05, 0.1) is 5.36 Å². The number of rotatable bonds is 1. The van der Waals surface area contributed by atoms with E-state index in [1.165, 1.54) is 23.2 Å². The van der Waals surface area contributed by atoms with Crippen LogP contribution in [-0.2, 0) is 0 Å². The van der Waals surface area contributed by atoms with Crippen LogP contribution in [0.5, 0.6) is 0 Å². The standard InChI is InChI=1S/C13H12ClN3O2/c1-16(11-5-3-2-4-6-11)13(18)15-10-7-8-17(19)12(14)9-10/h2-9,19H,1H3/b15-10-. The average molecular weight is 278 g/mol. The first-order valence-corrected chi connectivity index (χ1v) is 5.90. The van der Waals surface area contributed by atoms with Crippen molar-refractivity contribution >= 4 is 23.3 Å². The fraction of sp³-hybridized carbons (Fsp3) is 0.0769. The Morgan fingerprint density at radius 1 is 1.32 bits per heavy atom. The van der Waals surface area contributed by atoms with Gasteiger partial charge in [-0.05, 0) is 18.2 Å². The summed E-state index contributed by atoms with van der Waals surface area (Å²) < 4.78 is 0.742. The fourth-order valence-corrected chi connectivity index (χ4v) is 1.64. The molecule has 0 aliphatic carbocycles. The summed E-state index contributed by atoms with van der Waals surface area (Å²) in [6.45, 7) is 0. The summed E-state index contributed by atoms with van der Waals surface area (Å²) in [7, 11) is 1.64. The first-order chi connectivity index (χ1) is 9.08. The van der Waals surface area contributed by atoms with Crippen molar-refractivity contribution in [2.45, 2.75) is 0 Å². The van der Waals surface area contributed by atoms with Crippen molar-refractivity contribution in [3.8, 4) is 0 Å². The number of anilines is 1. The highest BCUT2D eigenvalue weighted by molar-refractivity contribution is 6.29. The summed E-state index contributed by atoms with van der Waals surface area (Å²) in [4.78, 5) is 17.3. The maximum atomic E-state index is 12.0. The van der Waals surface area contributed by atoms with Gasteiger partial charge in [0, 0.05) is 25.0 Å². The predicted molar refractivity (Wildman–Crippen MR) is 72.4 cm³/mol. The van der Waals surface area contributed by atoms with Crippen molar-refractivity contribution in [2.75, 3.05) is 11.9 Å². The highest BCUT2D eigenvalue weighted by Gasteiger charge is 2.08. The van der Waals surface area contributed by atoms with Crippen molar-refractivity contribution < 1.29 is 10.0 Å². The number of para-hydroxylation sites is 1. The number of hydrogen-bond acceptors (Lipinski definition) is 2. The van der Waals surface area contributed by atoms with E-state index in [1.807, 2.05) is 30.3 Å². The minimum Gasteiger partial charge on any atom is -0.428 e. The van der Waals surface area contributed by atoms with Gasteiger partial charge in [-0.3, -0.25) is 4.90 Å². The smallest absolute Gasteiger partial charge is 0.348 e. The van der Waals surface area contributed by atoms with Crippen molar-refractivity contribution in [3.05, 3.63) is 59.2 Å². The van der Waals surface area contributed by atoms with Crippen LogP contribution in [0.3, 0.4) is 0 Å². The molecule has 0 saturated carbocycles. The lowest BCUT2D eigenvalue weighted by Crippen LogP contribution is -2.25. The van der Waals surface area contributed by atoms with Gasteiger partial charge in [0.1, 0.15) is 5.15 Å². The number of nitrogens with zero attached hydrogens (tertiary/aromatic N) is 3. The van der Waals surface area contributed by atoms with E-state index in [1.54, 1.807) is 7.05 Å². The van der Waals surface area contributed by atoms with Crippen LogP contribution >= 0.6 is 11.6 Å². The maximum Gasteiger partial charge on any atom is 0.348 e. The molecule has 1 aromatic heterocycles. The lowest BCUT2D eigenvalue weighted by molar-refractivity contribution is 0.185. The molecule has 0 unspecified atom stereocenters. The quantitative estimate of drug-likeness (QED) is 0.643. The molecule has 0 atom stereocenters. The summed E-state index contributed by atoms with van der Waals surface area (Å²) >= 11 is 5.72. The molecule has 0 aliphatic heterocycles. The molecule has 1 aromatic carbocycles. The SMILES string of the molecule is CN(C(=O)/N=c1/ccn(O)c(Cl)c1)c1ccccc1. The lowest BCUT2D eigenvalue weighted by atomic mass is 10.3. The third kappa shape index (κ3) is 3.14. The maximum absolute atomic E-state index is 12.0. The van der Waals surface area contributed by atoms with E-state index >= 15 is 0 Å². The molecule has 0 bridgehead atoms. The summed E-state index contributed by atoms with van der Waals surface area (Å²) in [6.07, 6.45) is 1.32. The van der Waals surface area contributed by atoms with Crippen LogP contribution in [0.2, 0.25) is 5.15 Å². The van der Waals surface area contributed by atoms with Crippen LogP contribution in [0.1, 0.15) is 0 Å². The monoisotopic (exact) mass is 277 g/mol. The second kappa shape index (κ2) is 5.58. The van der Waals surface area contributed by atoms with Crippen LogP contribution in [0.4, 0.5) is 10.5 Å². The Balaban J connectivity index is 2.27. The normalized spacial score (nSPS) is 11.4. The van der Waals surface area contributed by atoms with Crippen molar-refractivity contribution in [2.24, 2.45) is 4.99 Å². The molecule has 5 nitrogen and oxygen atoms in total. The number of hydrogen-bond donors (Lipinski definition) is 1. The first kappa shape index (κ1) is 13.2. The predicted octanol–water partition coefficient (Wildman–Crippen LogP) is 2.54. The van der Waals surface area contributed by atoms with E-state index in [9.17, 15) is 10.0 Å². The molecule has 6 heteroatoms. The van der Waals surface area contributed by atoms with Crippen molar-refractivity contribution in [1.29, 1.82) is 0 Å². The molecule has 2 amide bonds. The minimum atomic E-state index is -0.419. The van der Waals surface area contributed by atoms with Gasteiger partial charge < -0.3 is 5.21 Å². The average Bonchev–Trinajstić information content (AvgIpc) is 2.43. The number of urea groups is 1. The van der Waals surface area contributed by atoms with Gasteiger partial charge in [0.25, 0.3) is 0 Å². The number of benzene rings is 1. The number of amides is 2. The van der Waals surface area contributed by atoms with E-state index in [-0.39, 0.29) is 5.15 Å². The number of carbonyl (C=O) groups is 1. The summed E-state index contributed by atoms with van der Waals surface area (Å²) in [5.74, 6) is 0. The third-order valence-corrected chi connectivity index (χ3v) is 2.81. The summed E-state index contributed by atoms with van der Waals surface area (Å²) in [5, 5.41) is 9.67. The number of carbonyl (C=O) groups excluding carboxylic acids is 1. The van der Waals surface area contributed by atoms with E-state index in [2.05, 4.69) is 4.99 Å². The molecule has 0 radical (unpaired) electrons. The second-order valence-electron chi connectivity index (χ2n) is 3.84. The Bertz CT molecular complexity index is 652. The molecule has 1 heterocycles. The Hall–Kier alpha value is -2.27. The molecule has 0 fully saturated rings. The Morgan fingerprint density at radius 2 is 2.00 bits per heavy atom. The highest BCUT2D eigenvalue weighted by Crippen LogP contribution is 2.11. The van der Waals surface area contributed by atoms with Crippen molar-refractivity contribution in [1.82, 2.24) is 4.73 Å². The molecular formula is C13H12ClN3O2. The van der Waals surface area contributed by atoms with Crippen LogP contribution in [-0.4, -0.2) is 23.0 Å². The van der Waals surface area contributed by atoms with Gasteiger partial charge in [-0.15, -0.1) is 0 Å². The van der Waals surface area contributed by atoms with E-state index in [0.29, 0.717) is 5.36 Å². The van der Waals surface area contributed by atoms with Crippen LogP contribution in [0, 0.1) is 0 Å². The zero-order valence-corrected chi connectivity index (χ0v) is 10.9. The minimum absolute atomic E-state index is 0.0800. The van der Waals surface area contributed by atoms with Gasteiger partial charge in [-0.25, -0.2) is 4.79 Å². The van der Waals surface area contributed by atoms with E-state index in [4.69, 9.17) is 11.6 Å². The third-order valence-electron chi connectivity index (χ3n) is 2.53. The van der Waals surface area contributed by atoms with Crippen LogP contribution in [0.25, 0.3) is 0 Å². The topological polar surface area (TPSA) is 57.8 Å². The van der Waals surface area contributed by atoms with Gasteiger partial charge >= 0.3 is 6.03 Å². The number of aromatic nitrogens is 1. The first-order valence-electron chi connectivity index (χ1n) is 5.53. The van der Waals surface area contributed by atoms with Crippen LogP contribution < -0.4 is 10.3 Å². The van der Waals surface area contributed by atoms with E-state index < -0.39 is 6.03 Å². The second-order valence-corrected chi connectivity index (χ2v) is 4.23. The van der Waals surface area contributed by atoms with Gasteiger partial charge in [0.15, 0.2) is 0 Å². The summed E-state index contributed by atoms with van der Waals surface area (Å²) in [5.41, 5.74) is 0.746. The molecular weight excluding hydrogens is 266 g/mol. The number of pyridine rings is 1. The van der Waals surface area contributed by atoms with Gasteiger partial charge in [0.2, 0.25) is 0 Å². The molecule has 2 rings (SSSR count). The van der Waals surface area contributed by atoms with Crippen LogP contribution in [0.15, 0.2) is 53.7 Å². The molecule has 1 N–H and O–H groups in total. The van der Waals surface area contributed by atoms with Gasteiger partial charge in [-0.2, -0.15) is 9.72 Å². The van der Waals surface area contributed by atoms with Crippen molar-refractivity contribution in [3.63, 3.8) is 0 Å². The Morgan fingerprint density at radius 3 is 2.63 bits per heavy atom. The number of halogens is 1. The molecule has 98 valence electrons. The van der Waals surface area contributed by atoms with Gasteiger partial charge in [-0.1, -0.05) is 29.8 Å². The Labute approximate surface area is 115 Å². The molecule has 2 aromatic rings. The largest absolute Gasteiger partial charge is 0.428 e. The van der Waals surface area contributed by atoms with E-state index in [0.717, 1.165) is 10.4 Å². The zero-order chi connectivity index (χ0) is 13.8. The fourth-order valence-electron chi connectivity index (χ4n) is 1.47. The molecule has 0 spiro atoms. The Kier molecular flexibility index (Phi) is 3.87. The summed E-state index contributed by atoms with van der Waals surface area (Å²) in [6, 6.07) is 11.6. The molecule has 0 saturated heterocycles.